The highest BCUT2D eigenvalue weighted by atomic mass is 16.5. The van der Waals surface area contributed by atoms with Crippen molar-refractivity contribution in [3.05, 3.63) is 36.4 Å². The van der Waals surface area contributed by atoms with E-state index in [9.17, 15) is 4.79 Å². The lowest BCUT2D eigenvalue weighted by Gasteiger charge is -2.09. The summed E-state index contributed by atoms with van der Waals surface area (Å²) in [4.78, 5) is 11.5. The Labute approximate surface area is 101 Å². The van der Waals surface area contributed by atoms with Gasteiger partial charge in [-0.25, -0.2) is 0 Å². The molecule has 4 heteroatoms. The number of hydrogen-bond donors (Lipinski definition) is 2. The Morgan fingerprint density at radius 3 is 3.00 bits per heavy atom. The van der Waals surface area contributed by atoms with E-state index >= 15 is 0 Å². The van der Waals surface area contributed by atoms with Crippen molar-refractivity contribution in [2.45, 2.75) is 12.8 Å². The second-order valence-electron chi connectivity index (χ2n) is 3.61. The quantitative estimate of drug-likeness (QED) is 0.449. The van der Waals surface area contributed by atoms with Crippen LogP contribution in [0.1, 0.15) is 23.2 Å². The number of amides is 1. The van der Waals surface area contributed by atoms with Crippen molar-refractivity contribution in [1.29, 1.82) is 0 Å². The molecule has 0 unspecified atom stereocenters. The van der Waals surface area contributed by atoms with Crippen molar-refractivity contribution >= 4 is 11.6 Å². The van der Waals surface area contributed by atoms with Crippen LogP contribution in [0.3, 0.4) is 0 Å². The van der Waals surface area contributed by atoms with Crippen LogP contribution in [0.2, 0.25) is 0 Å². The Hall–Kier alpha value is -1.97. The summed E-state index contributed by atoms with van der Waals surface area (Å²) in [5.41, 5.74) is 6.60. The zero-order valence-electron chi connectivity index (χ0n) is 10.0. The number of hydrogen-bond acceptors (Lipinski definition) is 3. The predicted octanol–water partition coefficient (Wildman–Crippen LogP) is 1.97. The molecule has 0 saturated carbocycles. The minimum Gasteiger partial charge on any atom is -0.494 e. The molecule has 1 rings (SSSR count). The summed E-state index contributed by atoms with van der Waals surface area (Å²) in [7, 11) is 1.57. The molecule has 0 aromatic heterocycles. The van der Waals surface area contributed by atoms with Crippen LogP contribution in [-0.4, -0.2) is 19.6 Å². The van der Waals surface area contributed by atoms with E-state index in [0.29, 0.717) is 23.6 Å². The Kier molecular flexibility index (Phi) is 5.07. The second kappa shape index (κ2) is 6.58. The van der Waals surface area contributed by atoms with Gasteiger partial charge in [0.1, 0.15) is 5.75 Å². The molecule has 1 aromatic carbocycles. The van der Waals surface area contributed by atoms with E-state index in [0.717, 1.165) is 12.8 Å². The van der Waals surface area contributed by atoms with Crippen molar-refractivity contribution in [2.75, 3.05) is 19.4 Å². The largest absolute Gasteiger partial charge is 0.494 e. The number of unbranched alkanes of at least 4 members (excludes halogenated alkanes) is 1. The standard InChI is InChI=1S/C13H18N2O2/c1-3-4-5-8-17-10-6-7-12(14)11(9-10)13(16)15-2/h3,6-7,9H,1,4-5,8,14H2,2H3,(H,15,16). The highest BCUT2D eigenvalue weighted by Gasteiger charge is 2.09. The molecule has 0 heterocycles. The van der Waals surface area contributed by atoms with Gasteiger partial charge in [-0.1, -0.05) is 6.08 Å². The third-order valence-electron chi connectivity index (χ3n) is 2.32. The Morgan fingerprint density at radius 1 is 1.59 bits per heavy atom. The monoisotopic (exact) mass is 234 g/mol. The van der Waals surface area contributed by atoms with Gasteiger partial charge in [0.2, 0.25) is 0 Å². The van der Waals surface area contributed by atoms with E-state index in [1.165, 1.54) is 0 Å². The van der Waals surface area contributed by atoms with Gasteiger partial charge in [0.15, 0.2) is 0 Å². The van der Waals surface area contributed by atoms with E-state index in [4.69, 9.17) is 10.5 Å². The topological polar surface area (TPSA) is 64.3 Å². The highest BCUT2D eigenvalue weighted by molar-refractivity contribution is 5.99. The zero-order valence-corrected chi connectivity index (χ0v) is 10.0. The molecule has 0 atom stereocenters. The fraction of sp³-hybridized carbons (Fsp3) is 0.308. The van der Waals surface area contributed by atoms with Gasteiger partial charge in [-0.15, -0.1) is 6.58 Å². The summed E-state index contributed by atoms with van der Waals surface area (Å²) in [6.45, 7) is 4.24. The summed E-state index contributed by atoms with van der Waals surface area (Å²) >= 11 is 0. The molecule has 4 nitrogen and oxygen atoms in total. The number of nitrogens with one attached hydrogen (secondary N) is 1. The van der Waals surface area contributed by atoms with Gasteiger partial charge >= 0.3 is 0 Å². The number of carbonyl (C=O) groups excluding carboxylic acids is 1. The number of benzene rings is 1. The molecular formula is C13H18N2O2. The van der Waals surface area contributed by atoms with Crippen molar-refractivity contribution in [3.63, 3.8) is 0 Å². The number of allylic oxidation sites excluding steroid dienone is 1. The van der Waals surface area contributed by atoms with Crippen LogP contribution in [-0.2, 0) is 0 Å². The van der Waals surface area contributed by atoms with E-state index in [-0.39, 0.29) is 5.91 Å². The molecule has 0 saturated heterocycles. The first-order valence-corrected chi connectivity index (χ1v) is 5.54. The first-order valence-electron chi connectivity index (χ1n) is 5.54. The van der Waals surface area contributed by atoms with Crippen molar-refractivity contribution in [2.24, 2.45) is 0 Å². The van der Waals surface area contributed by atoms with Crippen LogP contribution in [0, 0.1) is 0 Å². The summed E-state index contributed by atoms with van der Waals surface area (Å²) < 4.78 is 5.52. The normalized spacial score (nSPS) is 9.71. The van der Waals surface area contributed by atoms with Crippen LogP contribution >= 0.6 is 0 Å². The smallest absolute Gasteiger partial charge is 0.253 e. The van der Waals surface area contributed by atoms with Crippen LogP contribution in [0.15, 0.2) is 30.9 Å². The van der Waals surface area contributed by atoms with Crippen LogP contribution in [0.5, 0.6) is 5.75 Å². The number of anilines is 1. The minimum absolute atomic E-state index is 0.209. The number of carbonyl (C=O) groups is 1. The van der Waals surface area contributed by atoms with E-state index in [2.05, 4.69) is 11.9 Å². The predicted molar refractivity (Wildman–Crippen MR) is 69.2 cm³/mol. The molecule has 17 heavy (non-hydrogen) atoms. The molecule has 0 spiro atoms. The van der Waals surface area contributed by atoms with Gasteiger partial charge in [-0.2, -0.15) is 0 Å². The molecule has 0 fully saturated rings. The Morgan fingerprint density at radius 2 is 2.35 bits per heavy atom. The lowest BCUT2D eigenvalue weighted by molar-refractivity contribution is 0.0963. The molecule has 1 aromatic rings. The van der Waals surface area contributed by atoms with Gasteiger partial charge in [-0.3, -0.25) is 4.79 Å². The summed E-state index contributed by atoms with van der Waals surface area (Å²) in [6, 6.07) is 5.09. The Bertz CT molecular complexity index is 402. The fourth-order valence-corrected chi connectivity index (χ4v) is 1.37. The SMILES string of the molecule is C=CCCCOc1ccc(N)c(C(=O)NC)c1. The average Bonchev–Trinajstić information content (AvgIpc) is 2.35. The third-order valence-corrected chi connectivity index (χ3v) is 2.32. The fourth-order valence-electron chi connectivity index (χ4n) is 1.37. The van der Waals surface area contributed by atoms with Gasteiger partial charge in [0.05, 0.1) is 12.2 Å². The first kappa shape index (κ1) is 13.1. The maximum absolute atomic E-state index is 11.5. The number of nitrogens with two attached hydrogens (primary N) is 1. The maximum atomic E-state index is 11.5. The molecule has 0 radical (unpaired) electrons. The minimum atomic E-state index is -0.209. The number of nitrogen functional groups attached to an aromatic ring is 1. The van der Waals surface area contributed by atoms with Crippen LogP contribution < -0.4 is 15.8 Å². The summed E-state index contributed by atoms with van der Waals surface area (Å²) in [5.74, 6) is 0.445. The summed E-state index contributed by atoms with van der Waals surface area (Å²) in [5, 5.41) is 2.54. The molecular weight excluding hydrogens is 216 g/mol. The average molecular weight is 234 g/mol. The molecule has 0 aliphatic rings. The van der Waals surface area contributed by atoms with Crippen molar-refractivity contribution in [1.82, 2.24) is 5.32 Å². The third kappa shape index (κ3) is 3.83. The molecule has 0 aliphatic carbocycles. The van der Waals surface area contributed by atoms with Gasteiger partial charge < -0.3 is 15.8 Å². The molecule has 3 N–H and O–H groups in total. The maximum Gasteiger partial charge on any atom is 0.253 e. The van der Waals surface area contributed by atoms with Gasteiger partial charge in [-0.05, 0) is 31.0 Å². The molecule has 0 bridgehead atoms. The Balaban J connectivity index is 2.68. The number of ether oxygens (including phenoxy) is 1. The van der Waals surface area contributed by atoms with Gasteiger partial charge in [0.25, 0.3) is 5.91 Å². The molecule has 0 aliphatic heterocycles. The lowest BCUT2D eigenvalue weighted by Crippen LogP contribution is -2.19. The van der Waals surface area contributed by atoms with Crippen molar-refractivity contribution < 1.29 is 9.53 Å². The van der Waals surface area contributed by atoms with Crippen LogP contribution in [0.25, 0.3) is 0 Å². The summed E-state index contributed by atoms with van der Waals surface area (Å²) in [6.07, 6.45) is 3.67. The van der Waals surface area contributed by atoms with Gasteiger partial charge in [0, 0.05) is 12.7 Å². The first-order chi connectivity index (χ1) is 8.19. The molecule has 92 valence electrons. The number of rotatable bonds is 6. The van der Waals surface area contributed by atoms with E-state index in [1.54, 1.807) is 25.2 Å². The lowest BCUT2D eigenvalue weighted by atomic mass is 10.1. The highest BCUT2D eigenvalue weighted by Crippen LogP contribution is 2.19. The van der Waals surface area contributed by atoms with E-state index in [1.807, 2.05) is 6.08 Å². The molecule has 1 amide bonds. The van der Waals surface area contributed by atoms with E-state index < -0.39 is 0 Å². The zero-order chi connectivity index (χ0) is 12.7. The van der Waals surface area contributed by atoms with Crippen LogP contribution in [0.4, 0.5) is 5.69 Å². The van der Waals surface area contributed by atoms with Crippen molar-refractivity contribution in [3.8, 4) is 5.75 Å². The second-order valence-corrected chi connectivity index (χ2v) is 3.61.